The molecule has 30 heavy (non-hydrogen) atoms. The van der Waals surface area contributed by atoms with Crippen LogP contribution in [0.25, 0.3) is 0 Å². The van der Waals surface area contributed by atoms with Gasteiger partial charge in [0.25, 0.3) is 5.91 Å². The fourth-order valence-corrected chi connectivity index (χ4v) is 5.35. The van der Waals surface area contributed by atoms with Gasteiger partial charge < -0.3 is 10.1 Å². The average Bonchev–Trinajstić information content (AvgIpc) is 2.74. The van der Waals surface area contributed by atoms with Gasteiger partial charge in [-0.05, 0) is 57.4 Å². The minimum atomic E-state index is -3.60. The van der Waals surface area contributed by atoms with Gasteiger partial charge in [0.15, 0.2) is 0 Å². The summed E-state index contributed by atoms with van der Waals surface area (Å²) in [6, 6.07) is 10.3. The van der Waals surface area contributed by atoms with Crippen LogP contribution in [0.3, 0.4) is 0 Å². The quantitative estimate of drug-likeness (QED) is 0.752. The van der Waals surface area contributed by atoms with Crippen molar-refractivity contribution in [2.45, 2.75) is 51.0 Å². The Kier molecular flexibility index (Phi) is 6.83. The van der Waals surface area contributed by atoms with E-state index in [2.05, 4.69) is 5.32 Å². The van der Waals surface area contributed by atoms with Gasteiger partial charge in [0.05, 0.1) is 18.0 Å². The molecule has 0 aliphatic carbocycles. The van der Waals surface area contributed by atoms with E-state index in [1.807, 2.05) is 39.0 Å². The van der Waals surface area contributed by atoms with E-state index in [1.165, 1.54) is 10.4 Å². The van der Waals surface area contributed by atoms with Crippen molar-refractivity contribution in [3.63, 3.8) is 0 Å². The molecule has 1 amide bonds. The molecule has 1 aliphatic heterocycles. The van der Waals surface area contributed by atoms with E-state index in [0.717, 1.165) is 36.0 Å². The zero-order valence-corrected chi connectivity index (χ0v) is 18.9. The Balaban J connectivity index is 1.86. The van der Waals surface area contributed by atoms with Crippen LogP contribution >= 0.6 is 0 Å². The van der Waals surface area contributed by atoms with E-state index in [4.69, 9.17) is 4.74 Å². The molecule has 2 aromatic carbocycles. The van der Waals surface area contributed by atoms with Crippen LogP contribution in [-0.4, -0.2) is 38.8 Å². The number of nitrogens with zero attached hydrogens (tertiary/aromatic N) is 1. The maximum Gasteiger partial charge on any atom is 0.252 e. The molecule has 7 heteroatoms. The second kappa shape index (κ2) is 9.18. The summed E-state index contributed by atoms with van der Waals surface area (Å²) in [6.45, 7) is 6.74. The smallest absolute Gasteiger partial charge is 0.252 e. The number of sulfonamides is 1. The summed E-state index contributed by atoms with van der Waals surface area (Å²) in [5.41, 5.74) is 3.04. The lowest BCUT2D eigenvalue weighted by Crippen LogP contribution is -2.35. The van der Waals surface area contributed by atoms with Gasteiger partial charge in [-0.25, -0.2) is 8.42 Å². The van der Waals surface area contributed by atoms with Crippen molar-refractivity contribution in [1.82, 2.24) is 9.62 Å². The van der Waals surface area contributed by atoms with Gasteiger partial charge in [-0.1, -0.05) is 30.2 Å². The van der Waals surface area contributed by atoms with Gasteiger partial charge in [0.1, 0.15) is 5.75 Å². The lowest BCUT2D eigenvalue weighted by molar-refractivity contribution is 0.0938. The Hall–Kier alpha value is -2.38. The third-order valence-electron chi connectivity index (χ3n) is 5.61. The second-order valence-corrected chi connectivity index (χ2v) is 9.82. The molecule has 6 nitrogen and oxygen atoms in total. The highest BCUT2D eigenvalue weighted by molar-refractivity contribution is 7.89. The molecular formula is C23H30N2O4S. The van der Waals surface area contributed by atoms with Crippen molar-refractivity contribution in [2.75, 3.05) is 20.2 Å². The molecule has 0 aromatic heterocycles. The predicted octanol–water partition coefficient (Wildman–Crippen LogP) is 3.98. The molecule has 1 fully saturated rings. The first-order valence-corrected chi connectivity index (χ1v) is 11.7. The second-order valence-electron chi connectivity index (χ2n) is 7.88. The lowest BCUT2D eigenvalue weighted by atomic mass is 10.0. The van der Waals surface area contributed by atoms with Gasteiger partial charge in [-0.15, -0.1) is 0 Å². The molecule has 1 heterocycles. The number of hydrogen-bond donors (Lipinski definition) is 1. The average molecular weight is 431 g/mol. The molecule has 0 radical (unpaired) electrons. The molecule has 1 unspecified atom stereocenters. The summed E-state index contributed by atoms with van der Waals surface area (Å²) < 4.78 is 33.0. The Labute approximate surface area is 179 Å². The Morgan fingerprint density at radius 3 is 2.43 bits per heavy atom. The van der Waals surface area contributed by atoms with E-state index in [-0.39, 0.29) is 16.8 Å². The van der Waals surface area contributed by atoms with Crippen LogP contribution < -0.4 is 10.1 Å². The van der Waals surface area contributed by atoms with Crippen LogP contribution in [0.2, 0.25) is 0 Å². The van der Waals surface area contributed by atoms with E-state index in [1.54, 1.807) is 19.2 Å². The summed E-state index contributed by atoms with van der Waals surface area (Å²) in [4.78, 5) is 13.2. The van der Waals surface area contributed by atoms with Crippen LogP contribution in [0, 0.1) is 13.8 Å². The number of ether oxygens (including phenoxy) is 1. The predicted molar refractivity (Wildman–Crippen MR) is 117 cm³/mol. The Morgan fingerprint density at radius 1 is 1.07 bits per heavy atom. The van der Waals surface area contributed by atoms with Gasteiger partial charge in [-0.3, -0.25) is 4.79 Å². The fourth-order valence-electron chi connectivity index (χ4n) is 3.80. The number of methoxy groups -OCH3 is 1. The number of hydrogen-bond acceptors (Lipinski definition) is 4. The zero-order chi connectivity index (χ0) is 21.9. The number of carbonyl (C=O) groups excluding carboxylic acids is 1. The van der Waals surface area contributed by atoms with Crippen LogP contribution in [0.1, 0.15) is 59.3 Å². The molecule has 1 aliphatic rings. The first-order chi connectivity index (χ1) is 14.2. The first kappa shape index (κ1) is 22.3. The summed E-state index contributed by atoms with van der Waals surface area (Å²) in [5.74, 6) is 0.394. The van der Waals surface area contributed by atoms with Crippen molar-refractivity contribution in [2.24, 2.45) is 0 Å². The van der Waals surface area contributed by atoms with E-state index >= 15 is 0 Å². The zero-order valence-electron chi connectivity index (χ0n) is 18.1. The number of nitrogens with one attached hydrogen (secondary N) is 1. The third kappa shape index (κ3) is 4.68. The highest BCUT2D eigenvalue weighted by atomic mass is 32.2. The Morgan fingerprint density at radius 2 is 1.77 bits per heavy atom. The van der Waals surface area contributed by atoms with Gasteiger partial charge in [0.2, 0.25) is 10.0 Å². The van der Waals surface area contributed by atoms with Crippen molar-refractivity contribution in [1.29, 1.82) is 0 Å². The van der Waals surface area contributed by atoms with Gasteiger partial charge in [-0.2, -0.15) is 4.31 Å². The largest absolute Gasteiger partial charge is 0.496 e. The number of benzene rings is 2. The number of aryl methyl sites for hydroxylation is 2. The molecule has 1 N–H and O–H groups in total. The Bertz CT molecular complexity index is 1030. The number of carbonyl (C=O) groups is 1. The molecular weight excluding hydrogens is 400 g/mol. The number of rotatable bonds is 6. The van der Waals surface area contributed by atoms with Crippen molar-refractivity contribution in [3.05, 3.63) is 58.7 Å². The molecule has 0 spiro atoms. The highest BCUT2D eigenvalue weighted by Crippen LogP contribution is 2.27. The van der Waals surface area contributed by atoms with Crippen molar-refractivity contribution in [3.8, 4) is 5.75 Å². The summed E-state index contributed by atoms with van der Waals surface area (Å²) in [6.07, 6.45) is 2.79. The summed E-state index contributed by atoms with van der Waals surface area (Å²) in [5, 5.41) is 2.99. The molecule has 162 valence electrons. The topological polar surface area (TPSA) is 75.7 Å². The standard InChI is InChI=1S/C23H30N2O4S/c1-16-8-11-22(29-4)21(14-16)18(3)24-23(26)20-15-19(10-9-17(20)2)30(27,28)25-12-6-5-7-13-25/h8-11,14-15,18H,5-7,12-13H2,1-4H3,(H,24,26). The first-order valence-electron chi connectivity index (χ1n) is 10.3. The maximum absolute atomic E-state index is 13.0. The van der Waals surface area contributed by atoms with E-state index in [0.29, 0.717) is 24.4 Å². The molecule has 1 atom stereocenters. The monoisotopic (exact) mass is 430 g/mol. The van der Waals surface area contributed by atoms with Gasteiger partial charge in [0, 0.05) is 24.2 Å². The lowest BCUT2D eigenvalue weighted by Gasteiger charge is -2.26. The summed E-state index contributed by atoms with van der Waals surface area (Å²) >= 11 is 0. The molecule has 0 saturated carbocycles. The molecule has 0 bridgehead atoms. The van der Waals surface area contributed by atoms with Crippen LogP contribution in [0.5, 0.6) is 5.75 Å². The van der Waals surface area contributed by atoms with Crippen molar-refractivity contribution >= 4 is 15.9 Å². The minimum absolute atomic E-state index is 0.168. The van der Waals surface area contributed by atoms with E-state index < -0.39 is 10.0 Å². The SMILES string of the molecule is COc1ccc(C)cc1C(C)NC(=O)c1cc(S(=O)(=O)N2CCCCC2)ccc1C. The molecule has 1 saturated heterocycles. The number of piperidine rings is 1. The molecule has 2 aromatic rings. The van der Waals surface area contributed by atoms with Crippen LogP contribution in [0.15, 0.2) is 41.3 Å². The van der Waals surface area contributed by atoms with Crippen LogP contribution in [-0.2, 0) is 10.0 Å². The van der Waals surface area contributed by atoms with Crippen LogP contribution in [0.4, 0.5) is 0 Å². The van der Waals surface area contributed by atoms with Crippen molar-refractivity contribution < 1.29 is 17.9 Å². The van der Waals surface area contributed by atoms with Gasteiger partial charge >= 0.3 is 0 Å². The summed E-state index contributed by atoms with van der Waals surface area (Å²) in [7, 11) is -2.00. The normalized spacial score (nSPS) is 16.1. The third-order valence-corrected chi connectivity index (χ3v) is 7.50. The molecule has 3 rings (SSSR count). The highest BCUT2D eigenvalue weighted by Gasteiger charge is 2.27. The fraction of sp³-hybridized carbons (Fsp3) is 0.435. The maximum atomic E-state index is 13.0. The minimum Gasteiger partial charge on any atom is -0.496 e. The van der Waals surface area contributed by atoms with E-state index in [9.17, 15) is 13.2 Å². The number of amides is 1.